The number of likely N-dealkylation sites (tertiary alicyclic amines) is 1. The molecule has 1 saturated heterocycles. The first-order valence-electron chi connectivity index (χ1n) is 7.07. The largest absolute Gasteiger partial charge is 0.478 e. The van der Waals surface area contributed by atoms with Crippen molar-refractivity contribution in [3.05, 3.63) is 11.1 Å². The Morgan fingerprint density at radius 2 is 1.71 bits per heavy atom. The Labute approximate surface area is 124 Å². The first kappa shape index (κ1) is 17.2. The summed E-state index contributed by atoms with van der Waals surface area (Å²) in [6.45, 7) is 7.22. The zero-order valence-electron chi connectivity index (χ0n) is 12.7. The van der Waals surface area contributed by atoms with E-state index >= 15 is 0 Å². The minimum Gasteiger partial charge on any atom is -0.478 e. The molecule has 7 heteroatoms. The van der Waals surface area contributed by atoms with Crippen LogP contribution in [-0.4, -0.2) is 53.6 Å². The second-order valence-corrected chi connectivity index (χ2v) is 5.31. The van der Waals surface area contributed by atoms with Gasteiger partial charge in [0.2, 0.25) is 0 Å². The van der Waals surface area contributed by atoms with E-state index in [0.717, 1.165) is 13.1 Å². The zero-order valence-corrected chi connectivity index (χ0v) is 12.7. The Kier molecular flexibility index (Phi) is 6.36. The fraction of sp³-hybridized carbons (Fsp3) is 0.643. The molecule has 3 amide bonds. The van der Waals surface area contributed by atoms with E-state index in [4.69, 9.17) is 5.11 Å². The molecule has 1 unspecified atom stereocenters. The number of aliphatic carboxylic acids is 1. The number of carbonyl (C=O) groups excluding carboxylic acids is 2. The van der Waals surface area contributed by atoms with Gasteiger partial charge in [-0.05, 0) is 46.7 Å². The van der Waals surface area contributed by atoms with E-state index in [2.05, 4.69) is 15.5 Å². The molecule has 0 spiro atoms. The van der Waals surface area contributed by atoms with Gasteiger partial charge in [-0.2, -0.15) is 0 Å². The first-order chi connectivity index (χ1) is 9.82. The molecule has 0 bridgehead atoms. The van der Waals surface area contributed by atoms with Gasteiger partial charge in [-0.3, -0.25) is 15.0 Å². The fourth-order valence-corrected chi connectivity index (χ4v) is 2.12. The summed E-state index contributed by atoms with van der Waals surface area (Å²) in [6, 6.07) is -0.394. The predicted octanol–water partition coefficient (Wildman–Crippen LogP) is 0.718. The van der Waals surface area contributed by atoms with Crippen molar-refractivity contribution in [1.29, 1.82) is 0 Å². The number of urea groups is 1. The number of carboxylic acid groups (broad SMARTS) is 1. The van der Waals surface area contributed by atoms with E-state index in [1.807, 2.05) is 6.92 Å². The molecule has 0 aromatic carbocycles. The quantitative estimate of drug-likeness (QED) is 0.649. The van der Waals surface area contributed by atoms with Gasteiger partial charge in [-0.1, -0.05) is 0 Å². The van der Waals surface area contributed by atoms with Crippen molar-refractivity contribution in [1.82, 2.24) is 15.5 Å². The lowest BCUT2D eigenvalue weighted by molar-refractivity contribution is -0.133. The second kappa shape index (κ2) is 7.78. The molecule has 7 nitrogen and oxygen atoms in total. The molecule has 118 valence electrons. The molecular weight excluding hydrogens is 274 g/mol. The van der Waals surface area contributed by atoms with Gasteiger partial charge in [-0.15, -0.1) is 0 Å². The van der Waals surface area contributed by atoms with E-state index in [1.54, 1.807) is 0 Å². The van der Waals surface area contributed by atoms with Crippen molar-refractivity contribution in [3.63, 3.8) is 0 Å². The van der Waals surface area contributed by atoms with Gasteiger partial charge in [0.05, 0.1) is 0 Å². The lowest BCUT2D eigenvalue weighted by atomic mass is 10.1. The van der Waals surface area contributed by atoms with Crippen molar-refractivity contribution in [3.8, 4) is 0 Å². The number of hydrogen-bond acceptors (Lipinski definition) is 4. The average Bonchev–Trinajstić information content (AvgIpc) is 2.97. The molecule has 1 rings (SSSR count). The number of imide groups is 1. The third-order valence-corrected chi connectivity index (χ3v) is 3.77. The van der Waals surface area contributed by atoms with Crippen LogP contribution in [-0.2, 0) is 9.59 Å². The van der Waals surface area contributed by atoms with Crippen LogP contribution in [0, 0.1) is 0 Å². The number of carbonyl (C=O) groups is 3. The highest BCUT2D eigenvalue weighted by Crippen LogP contribution is 2.10. The molecule has 21 heavy (non-hydrogen) atoms. The highest BCUT2D eigenvalue weighted by atomic mass is 16.4. The van der Waals surface area contributed by atoms with Gasteiger partial charge in [0, 0.05) is 23.7 Å². The summed E-state index contributed by atoms with van der Waals surface area (Å²) in [5.74, 6) is -1.87. The Morgan fingerprint density at radius 3 is 2.24 bits per heavy atom. The number of rotatable bonds is 5. The lowest BCUT2D eigenvalue weighted by Gasteiger charge is -2.23. The lowest BCUT2D eigenvalue weighted by Crippen LogP contribution is -2.46. The third kappa shape index (κ3) is 5.18. The van der Waals surface area contributed by atoms with Crippen LogP contribution in [0.1, 0.15) is 33.6 Å². The van der Waals surface area contributed by atoms with Crippen LogP contribution in [0.15, 0.2) is 11.1 Å². The highest BCUT2D eigenvalue weighted by Gasteiger charge is 2.19. The number of hydrogen-bond donors (Lipinski definition) is 3. The molecule has 1 aliphatic rings. The van der Waals surface area contributed by atoms with E-state index in [1.165, 1.54) is 26.7 Å². The van der Waals surface area contributed by atoms with Gasteiger partial charge < -0.3 is 10.4 Å². The molecule has 0 aliphatic carbocycles. The molecule has 1 fully saturated rings. The summed E-state index contributed by atoms with van der Waals surface area (Å²) >= 11 is 0. The maximum atomic E-state index is 11.7. The smallest absolute Gasteiger partial charge is 0.331 e. The maximum Gasteiger partial charge on any atom is 0.331 e. The van der Waals surface area contributed by atoms with E-state index in [-0.39, 0.29) is 17.2 Å². The van der Waals surface area contributed by atoms with Crippen LogP contribution in [0.2, 0.25) is 0 Å². The summed E-state index contributed by atoms with van der Waals surface area (Å²) in [7, 11) is 0. The van der Waals surface area contributed by atoms with Crippen molar-refractivity contribution < 1.29 is 19.5 Å². The molecule has 1 atom stereocenters. The Morgan fingerprint density at radius 1 is 1.14 bits per heavy atom. The summed E-state index contributed by atoms with van der Waals surface area (Å²) < 4.78 is 0. The molecule has 3 N–H and O–H groups in total. The van der Waals surface area contributed by atoms with Crippen molar-refractivity contribution in [2.75, 3.05) is 19.6 Å². The average molecular weight is 297 g/mol. The van der Waals surface area contributed by atoms with Gasteiger partial charge in [0.15, 0.2) is 0 Å². The molecule has 0 saturated carbocycles. The number of nitrogens with one attached hydrogen (secondary N) is 2. The summed E-state index contributed by atoms with van der Waals surface area (Å²) in [5, 5.41) is 13.6. The summed E-state index contributed by atoms with van der Waals surface area (Å²) in [6.07, 6.45) is 2.35. The number of carboxylic acids is 1. The Bertz CT molecular complexity index is 453. The zero-order chi connectivity index (χ0) is 16.0. The molecular formula is C14H23N3O4. The minimum atomic E-state index is -1.18. The highest BCUT2D eigenvalue weighted by molar-refractivity contribution is 6.07. The Hall–Kier alpha value is -1.89. The van der Waals surface area contributed by atoms with Crippen molar-refractivity contribution in [2.45, 2.75) is 39.7 Å². The van der Waals surface area contributed by atoms with Crippen LogP contribution in [0.5, 0.6) is 0 Å². The van der Waals surface area contributed by atoms with Crippen LogP contribution >= 0.6 is 0 Å². The fourth-order valence-electron chi connectivity index (χ4n) is 2.12. The van der Waals surface area contributed by atoms with Crippen LogP contribution in [0.3, 0.4) is 0 Å². The van der Waals surface area contributed by atoms with E-state index < -0.39 is 17.9 Å². The Balaban J connectivity index is 2.41. The van der Waals surface area contributed by atoms with Crippen molar-refractivity contribution in [2.24, 2.45) is 0 Å². The topological polar surface area (TPSA) is 98.7 Å². The molecule has 0 radical (unpaired) electrons. The predicted molar refractivity (Wildman–Crippen MR) is 77.8 cm³/mol. The van der Waals surface area contributed by atoms with Gasteiger partial charge >= 0.3 is 12.0 Å². The summed E-state index contributed by atoms with van der Waals surface area (Å²) in [5.41, 5.74) is -0.0593. The van der Waals surface area contributed by atoms with Gasteiger partial charge in [0.25, 0.3) is 5.91 Å². The number of nitrogens with zero attached hydrogens (tertiary/aromatic N) is 1. The molecule has 0 aromatic rings. The SMILES string of the molecule is CC(C(=O)O)=C(C)C(=O)NC(=O)NCC(C)N1CCCC1. The summed E-state index contributed by atoms with van der Waals surface area (Å²) in [4.78, 5) is 36.4. The third-order valence-electron chi connectivity index (χ3n) is 3.77. The monoisotopic (exact) mass is 297 g/mol. The van der Waals surface area contributed by atoms with E-state index in [0.29, 0.717) is 6.54 Å². The minimum absolute atomic E-state index is 0.0187. The molecule has 1 heterocycles. The molecule has 0 aromatic heterocycles. The van der Waals surface area contributed by atoms with Gasteiger partial charge in [0.1, 0.15) is 0 Å². The van der Waals surface area contributed by atoms with Gasteiger partial charge in [-0.25, -0.2) is 9.59 Å². The van der Waals surface area contributed by atoms with Crippen LogP contribution < -0.4 is 10.6 Å². The first-order valence-corrected chi connectivity index (χ1v) is 7.07. The van der Waals surface area contributed by atoms with Crippen LogP contribution in [0.4, 0.5) is 4.79 Å². The van der Waals surface area contributed by atoms with Crippen molar-refractivity contribution >= 4 is 17.9 Å². The van der Waals surface area contributed by atoms with Crippen LogP contribution in [0.25, 0.3) is 0 Å². The number of amides is 3. The molecule has 1 aliphatic heterocycles. The normalized spacial score (nSPS) is 17.9. The maximum absolute atomic E-state index is 11.7. The second-order valence-electron chi connectivity index (χ2n) is 5.31. The van der Waals surface area contributed by atoms with E-state index in [9.17, 15) is 14.4 Å². The standard InChI is InChI=1S/C14H23N3O4/c1-9(17-6-4-5-7-17)8-15-14(21)16-12(18)10(2)11(3)13(19)20/h9H,4-8H2,1-3H3,(H,19,20)(H2,15,16,18,21).